The lowest BCUT2D eigenvalue weighted by molar-refractivity contribution is -0.148. The van der Waals surface area contributed by atoms with E-state index in [2.05, 4.69) is 31.2 Å². The fraction of sp³-hybridized carbons (Fsp3) is 0.250. The predicted molar refractivity (Wildman–Crippen MR) is 114 cm³/mol. The van der Waals surface area contributed by atoms with E-state index in [-0.39, 0.29) is 6.61 Å². The Morgan fingerprint density at radius 3 is 2.83 bits per heavy atom. The molecule has 2 unspecified atom stereocenters. The zero-order valence-corrected chi connectivity index (χ0v) is 17.3. The first-order valence-electron chi connectivity index (χ1n) is 8.92. The maximum atomic E-state index is 12.2. The van der Waals surface area contributed by atoms with Crippen LogP contribution in [0.2, 0.25) is 0 Å². The Morgan fingerprint density at radius 2 is 2.07 bits per heavy atom. The molecule has 0 spiro atoms. The normalized spacial score (nSPS) is 13.1. The van der Waals surface area contributed by atoms with E-state index in [9.17, 15) is 9.90 Å². The Kier molecular flexibility index (Phi) is 6.63. The van der Waals surface area contributed by atoms with Gasteiger partial charge in [-0.25, -0.2) is 4.98 Å². The van der Waals surface area contributed by atoms with Crippen LogP contribution in [0.3, 0.4) is 0 Å². The van der Waals surface area contributed by atoms with E-state index in [1.54, 1.807) is 25.1 Å². The minimum Gasteiger partial charge on any atom is -0.462 e. The largest absolute Gasteiger partial charge is 0.462 e. The van der Waals surface area contributed by atoms with Crippen LogP contribution in [0.15, 0.2) is 46.9 Å². The highest BCUT2D eigenvalue weighted by atomic mass is 79.9. The van der Waals surface area contributed by atoms with Gasteiger partial charge in [0.25, 0.3) is 0 Å². The second-order valence-corrected chi connectivity index (χ2v) is 7.45. The molecule has 0 saturated heterocycles. The van der Waals surface area contributed by atoms with Crippen molar-refractivity contribution in [2.75, 3.05) is 24.3 Å². The highest BCUT2D eigenvalue weighted by Crippen LogP contribution is 2.26. The van der Waals surface area contributed by atoms with Crippen LogP contribution in [0, 0.1) is 0 Å². The molecule has 0 amide bonds. The summed E-state index contributed by atoms with van der Waals surface area (Å²) in [5, 5.41) is 22.0. The SMILES string of the molecule is CC(C(=O)OCC(O)CO)c1cccc(Nc2nc(N)c3cc(Br)ccc3n2)c1. The van der Waals surface area contributed by atoms with Gasteiger partial charge in [0.15, 0.2) is 0 Å². The van der Waals surface area contributed by atoms with Crippen LogP contribution < -0.4 is 11.1 Å². The first-order valence-corrected chi connectivity index (χ1v) is 9.72. The van der Waals surface area contributed by atoms with Crippen molar-refractivity contribution in [2.45, 2.75) is 18.9 Å². The van der Waals surface area contributed by atoms with E-state index in [0.717, 1.165) is 15.4 Å². The molecule has 152 valence electrons. The van der Waals surface area contributed by atoms with Crippen molar-refractivity contribution in [3.8, 4) is 0 Å². The van der Waals surface area contributed by atoms with Gasteiger partial charge in [0.1, 0.15) is 18.5 Å². The van der Waals surface area contributed by atoms with Gasteiger partial charge in [-0.05, 0) is 42.8 Å². The zero-order chi connectivity index (χ0) is 21.0. The van der Waals surface area contributed by atoms with Crippen LogP contribution in [-0.4, -0.2) is 45.5 Å². The fourth-order valence-corrected chi connectivity index (χ4v) is 3.05. The second kappa shape index (κ2) is 9.17. The van der Waals surface area contributed by atoms with Gasteiger partial charge in [-0.15, -0.1) is 0 Å². The number of rotatable bonds is 7. The summed E-state index contributed by atoms with van der Waals surface area (Å²) in [4.78, 5) is 20.9. The van der Waals surface area contributed by atoms with Crippen LogP contribution in [0.5, 0.6) is 0 Å². The lowest BCUT2D eigenvalue weighted by Crippen LogP contribution is -2.24. The Morgan fingerprint density at radius 1 is 1.28 bits per heavy atom. The minimum absolute atomic E-state index is 0.252. The third-order valence-electron chi connectivity index (χ3n) is 4.31. The van der Waals surface area contributed by atoms with Gasteiger partial charge in [0.2, 0.25) is 5.95 Å². The Labute approximate surface area is 175 Å². The van der Waals surface area contributed by atoms with Crippen molar-refractivity contribution in [1.82, 2.24) is 9.97 Å². The van der Waals surface area contributed by atoms with Gasteiger partial charge < -0.3 is 26.0 Å². The van der Waals surface area contributed by atoms with Gasteiger partial charge in [-0.1, -0.05) is 28.1 Å². The molecule has 0 fully saturated rings. The van der Waals surface area contributed by atoms with Gasteiger partial charge in [-0.2, -0.15) is 4.98 Å². The molecule has 0 radical (unpaired) electrons. The number of carbonyl (C=O) groups excluding carboxylic acids is 1. The standard InChI is InChI=1S/C20H21BrN4O4/c1-11(19(28)29-10-15(27)9-26)12-3-2-4-14(7-12)23-20-24-17-6-5-13(21)8-16(17)18(22)25-20/h2-8,11,15,26-27H,9-10H2,1H3,(H3,22,23,24,25). The number of halogens is 1. The van der Waals surface area contributed by atoms with Crippen LogP contribution in [0.4, 0.5) is 17.5 Å². The summed E-state index contributed by atoms with van der Waals surface area (Å²) in [5.74, 6) is -0.348. The molecular weight excluding hydrogens is 440 g/mol. The van der Waals surface area contributed by atoms with Crippen molar-refractivity contribution >= 4 is 50.3 Å². The van der Waals surface area contributed by atoms with E-state index in [1.165, 1.54) is 0 Å². The Bertz CT molecular complexity index is 1030. The van der Waals surface area contributed by atoms with E-state index in [0.29, 0.717) is 23.0 Å². The molecule has 2 aromatic carbocycles. The molecular formula is C20H21BrN4O4. The van der Waals surface area contributed by atoms with Crippen molar-refractivity contribution in [3.05, 3.63) is 52.5 Å². The van der Waals surface area contributed by atoms with E-state index in [4.69, 9.17) is 15.6 Å². The molecule has 0 aliphatic heterocycles. The number of anilines is 3. The monoisotopic (exact) mass is 460 g/mol. The summed E-state index contributed by atoms with van der Waals surface area (Å²) >= 11 is 3.40. The molecule has 5 N–H and O–H groups in total. The van der Waals surface area contributed by atoms with Gasteiger partial charge in [0, 0.05) is 15.5 Å². The molecule has 0 bridgehead atoms. The second-order valence-electron chi connectivity index (χ2n) is 6.53. The highest BCUT2D eigenvalue weighted by Gasteiger charge is 2.18. The third-order valence-corrected chi connectivity index (χ3v) is 4.81. The summed E-state index contributed by atoms with van der Waals surface area (Å²) in [5.41, 5.74) is 8.17. The van der Waals surface area contributed by atoms with Crippen LogP contribution in [-0.2, 0) is 9.53 Å². The summed E-state index contributed by atoms with van der Waals surface area (Å²) in [6.45, 7) is 0.986. The predicted octanol–water partition coefficient (Wildman–Crippen LogP) is 2.72. The number of nitrogens with one attached hydrogen (secondary N) is 1. The topological polar surface area (TPSA) is 131 Å². The number of aliphatic hydroxyl groups excluding tert-OH is 2. The number of hydrogen-bond acceptors (Lipinski definition) is 8. The number of nitrogen functional groups attached to an aromatic ring is 1. The molecule has 1 aromatic heterocycles. The lowest BCUT2D eigenvalue weighted by atomic mass is 10.0. The van der Waals surface area contributed by atoms with Crippen LogP contribution in [0.1, 0.15) is 18.4 Å². The first kappa shape index (κ1) is 21.0. The quantitative estimate of drug-likeness (QED) is 0.395. The van der Waals surface area contributed by atoms with E-state index >= 15 is 0 Å². The molecule has 0 saturated carbocycles. The summed E-state index contributed by atoms with van der Waals surface area (Å²) in [6, 6.07) is 12.8. The number of nitrogens with zero attached hydrogens (tertiary/aromatic N) is 2. The van der Waals surface area contributed by atoms with Crippen molar-refractivity contribution in [1.29, 1.82) is 0 Å². The molecule has 8 nitrogen and oxygen atoms in total. The number of aromatic nitrogens is 2. The van der Waals surface area contributed by atoms with Crippen molar-refractivity contribution < 1.29 is 19.7 Å². The summed E-state index contributed by atoms with van der Waals surface area (Å²) in [6.07, 6.45) is -1.09. The average Bonchev–Trinajstić information content (AvgIpc) is 2.72. The molecule has 9 heteroatoms. The molecule has 3 aromatic rings. The Balaban J connectivity index is 1.77. The molecule has 2 atom stereocenters. The smallest absolute Gasteiger partial charge is 0.313 e. The van der Waals surface area contributed by atoms with Gasteiger partial charge >= 0.3 is 5.97 Å². The minimum atomic E-state index is -1.09. The van der Waals surface area contributed by atoms with Crippen LogP contribution in [0.25, 0.3) is 10.9 Å². The molecule has 1 heterocycles. The van der Waals surface area contributed by atoms with Gasteiger partial charge in [0.05, 0.1) is 18.0 Å². The number of fused-ring (bicyclic) bond motifs is 1. The number of aliphatic hydroxyl groups is 2. The highest BCUT2D eigenvalue weighted by molar-refractivity contribution is 9.10. The number of carbonyl (C=O) groups is 1. The summed E-state index contributed by atoms with van der Waals surface area (Å²) in [7, 11) is 0. The van der Waals surface area contributed by atoms with Gasteiger partial charge in [-0.3, -0.25) is 4.79 Å². The number of ether oxygens (including phenoxy) is 1. The first-order chi connectivity index (χ1) is 13.9. The van der Waals surface area contributed by atoms with E-state index in [1.807, 2.05) is 24.3 Å². The third kappa shape index (κ3) is 5.20. The Hall–Kier alpha value is -2.75. The summed E-state index contributed by atoms with van der Waals surface area (Å²) < 4.78 is 5.92. The zero-order valence-electron chi connectivity index (χ0n) is 15.7. The molecule has 0 aliphatic rings. The maximum Gasteiger partial charge on any atom is 0.313 e. The van der Waals surface area contributed by atoms with E-state index < -0.39 is 24.6 Å². The van der Waals surface area contributed by atoms with Crippen molar-refractivity contribution in [2.24, 2.45) is 0 Å². The number of nitrogens with two attached hydrogens (primary N) is 1. The number of esters is 1. The maximum absolute atomic E-state index is 12.2. The molecule has 29 heavy (non-hydrogen) atoms. The molecule has 3 rings (SSSR count). The van der Waals surface area contributed by atoms with Crippen molar-refractivity contribution in [3.63, 3.8) is 0 Å². The number of hydrogen-bond donors (Lipinski definition) is 4. The average molecular weight is 461 g/mol. The molecule has 0 aliphatic carbocycles. The fourth-order valence-electron chi connectivity index (χ4n) is 2.69. The lowest BCUT2D eigenvalue weighted by Gasteiger charge is -2.15. The number of benzene rings is 2. The van der Waals surface area contributed by atoms with Crippen LogP contribution >= 0.6 is 15.9 Å².